The molecule has 1 aliphatic heterocycles. The summed E-state index contributed by atoms with van der Waals surface area (Å²) in [6.07, 6.45) is 2.78. The molecule has 0 radical (unpaired) electrons. The fourth-order valence-corrected chi connectivity index (χ4v) is 2.83. The molecule has 1 saturated carbocycles. The lowest BCUT2D eigenvalue weighted by Crippen LogP contribution is -2.50. The smallest absolute Gasteiger partial charge is 0.306 e. The van der Waals surface area contributed by atoms with E-state index in [-0.39, 0.29) is 11.9 Å². The fourth-order valence-electron chi connectivity index (χ4n) is 2.83. The van der Waals surface area contributed by atoms with Crippen molar-refractivity contribution >= 4 is 11.9 Å². The van der Waals surface area contributed by atoms with E-state index in [9.17, 15) is 9.59 Å². The molecule has 0 aromatic rings. The molecular weight excluding hydrogens is 270 g/mol. The number of carbonyl (C=O) groups excluding carboxylic acids is 2. The van der Waals surface area contributed by atoms with Crippen molar-refractivity contribution in [1.29, 1.82) is 0 Å². The van der Waals surface area contributed by atoms with Gasteiger partial charge in [-0.2, -0.15) is 0 Å². The number of likely N-dealkylation sites (N-methyl/N-ethyl adjacent to an activating group) is 1. The van der Waals surface area contributed by atoms with Gasteiger partial charge in [0.05, 0.1) is 20.1 Å². The minimum atomic E-state index is -0.157. The summed E-state index contributed by atoms with van der Waals surface area (Å²) in [5, 5.41) is 0. The van der Waals surface area contributed by atoms with E-state index >= 15 is 0 Å². The molecule has 6 nitrogen and oxygen atoms in total. The number of amides is 1. The lowest BCUT2D eigenvalue weighted by molar-refractivity contribution is -0.141. The van der Waals surface area contributed by atoms with Crippen LogP contribution >= 0.6 is 0 Å². The van der Waals surface area contributed by atoms with E-state index in [0.717, 1.165) is 39.3 Å². The van der Waals surface area contributed by atoms with Gasteiger partial charge >= 0.3 is 5.97 Å². The Morgan fingerprint density at radius 3 is 2.29 bits per heavy atom. The molecule has 0 N–H and O–H groups in total. The van der Waals surface area contributed by atoms with Crippen molar-refractivity contribution in [3.05, 3.63) is 0 Å². The zero-order valence-corrected chi connectivity index (χ0v) is 13.2. The summed E-state index contributed by atoms with van der Waals surface area (Å²) < 4.78 is 4.66. The van der Waals surface area contributed by atoms with Gasteiger partial charge in [-0.15, -0.1) is 0 Å². The predicted molar refractivity (Wildman–Crippen MR) is 79.9 cm³/mol. The van der Waals surface area contributed by atoms with Crippen molar-refractivity contribution in [3.63, 3.8) is 0 Å². The molecule has 2 rings (SSSR count). The first kappa shape index (κ1) is 16.2. The van der Waals surface area contributed by atoms with Crippen LogP contribution in [0, 0.1) is 0 Å². The van der Waals surface area contributed by atoms with Gasteiger partial charge in [0, 0.05) is 45.3 Å². The maximum absolute atomic E-state index is 12.3. The largest absolute Gasteiger partial charge is 0.469 e. The lowest BCUT2D eigenvalue weighted by atomic mass is 10.2. The number of hydrogen-bond donors (Lipinski definition) is 0. The molecule has 120 valence electrons. The van der Waals surface area contributed by atoms with Crippen LogP contribution in [-0.4, -0.2) is 85.5 Å². The highest BCUT2D eigenvalue weighted by molar-refractivity contribution is 5.79. The summed E-state index contributed by atoms with van der Waals surface area (Å²) in [5.74, 6) is 0.110. The molecule has 0 spiro atoms. The Morgan fingerprint density at radius 1 is 1.14 bits per heavy atom. The molecule has 2 fully saturated rings. The maximum atomic E-state index is 12.3. The molecular formula is C15H27N3O3. The van der Waals surface area contributed by atoms with E-state index in [1.807, 2.05) is 4.90 Å². The Labute approximate surface area is 127 Å². The molecule has 1 aliphatic carbocycles. The number of hydrogen-bond acceptors (Lipinski definition) is 5. The van der Waals surface area contributed by atoms with Crippen molar-refractivity contribution in [3.8, 4) is 0 Å². The van der Waals surface area contributed by atoms with Gasteiger partial charge in [0.25, 0.3) is 0 Å². The van der Waals surface area contributed by atoms with Crippen LogP contribution in [0.5, 0.6) is 0 Å². The van der Waals surface area contributed by atoms with Crippen LogP contribution in [0.25, 0.3) is 0 Å². The third-order valence-electron chi connectivity index (χ3n) is 4.33. The number of nitrogens with zero attached hydrogens (tertiary/aromatic N) is 3. The second-order valence-electron chi connectivity index (χ2n) is 5.85. The van der Waals surface area contributed by atoms with E-state index in [2.05, 4.69) is 21.5 Å². The summed E-state index contributed by atoms with van der Waals surface area (Å²) in [7, 11) is 1.42. The van der Waals surface area contributed by atoms with Crippen LogP contribution in [0.4, 0.5) is 0 Å². The van der Waals surface area contributed by atoms with Crippen LogP contribution in [0.1, 0.15) is 26.2 Å². The van der Waals surface area contributed by atoms with E-state index in [1.54, 1.807) is 0 Å². The minimum absolute atomic E-state index is 0.157. The van der Waals surface area contributed by atoms with Gasteiger partial charge in [-0.3, -0.25) is 14.5 Å². The molecule has 1 heterocycles. The average molecular weight is 297 g/mol. The number of esters is 1. The Morgan fingerprint density at radius 2 is 1.76 bits per heavy atom. The molecule has 2 aliphatic rings. The zero-order chi connectivity index (χ0) is 15.2. The molecule has 0 unspecified atom stereocenters. The van der Waals surface area contributed by atoms with Crippen molar-refractivity contribution in [2.45, 2.75) is 32.2 Å². The van der Waals surface area contributed by atoms with Crippen molar-refractivity contribution in [2.75, 3.05) is 52.9 Å². The molecule has 21 heavy (non-hydrogen) atoms. The van der Waals surface area contributed by atoms with Crippen molar-refractivity contribution in [2.24, 2.45) is 0 Å². The van der Waals surface area contributed by atoms with E-state index in [1.165, 1.54) is 20.0 Å². The first-order valence-electron chi connectivity index (χ1n) is 7.95. The Balaban J connectivity index is 1.66. The second-order valence-corrected chi connectivity index (χ2v) is 5.85. The Kier molecular flexibility index (Phi) is 5.99. The van der Waals surface area contributed by atoms with Crippen LogP contribution in [-0.2, 0) is 14.3 Å². The quantitative estimate of drug-likeness (QED) is 0.627. The number of piperazine rings is 1. The number of ether oxygens (including phenoxy) is 1. The molecule has 0 bridgehead atoms. The fraction of sp³-hybridized carbons (Fsp3) is 0.867. The highest BCUT2D eigenvalue weighted by atomic mass is 16.5. The summed E-state index contributed by atoms with van der Waals surface area (Å²) in [6, 6.07) is 0.504. The number of methoxy groups -OCH3 is 1. The maximum Gasteiger partial charge on any atom is 0.306 e. The average Bonchev–Trinajstić information content (AvgIpc) is 3.31. The minimum Gasteiger partial charge on any atom is -0.469 e. The van der Waals surface area contributed by atoms with Gasteiger partial charge in [0.1, 0.15) is 0 Å². The van der Waals surface area contributed by atoms with Gasteiger partial charge in [-0.05, 0) is 19.8 Å². The summed E-state index contributed by atoms with van der Waals surface area (Å²) in [6.45, 7) is 7.79. The van der Waals surface area contributed by atoms with Gasteiger partial charge in [0.2, 0.25) is 5.91 Å². The third-order valence-corrected chi connectivity index (χ3v) is 4.33. The zero-order valence-electron chi connectivity index (χ0n) is 13.2. The molecule has 0 aromatic heterocycles. The summed E-state index contributed by atoms with van der Waals surface area (Å²) >= 11 is 0. The van der Waals surface area contributed by atoms with Crippen LogP contribution in [0.3, 0.4) is 0 Å². The van der Waals surface area contributed by atoms with Gasteiger partial charge in [-0.1, -0.05) is 0 Å². The standard InChI is InChI=1S/C15H27N3O3/c1-3-18(13-4-5-13)14(19)12-17-10-8-16(9-11-17)7-6-15(20)21-2/h13H,3-12H2,1-2H3. The molecule has 6 heteroatoms. The summed E-state index contributed by atoms with van der Waals surface area (Å²) in [4.78, 5) is 29.9. The Bertz CT molecular complexity index is 363. The summed E-state index contributed by atoms with van der Waals surface area (Å²) in [5.41, 5.74) is 0. The second kappa shape index (κ2) is 7.75. The molecule has 1 saturated heterocycles. The molecule has 0 atom stereocenters. The van der Waals surface area contributed by atoms with Gasteiger partial charge in [0.15, 0.2) is 0 Å². The lowest BCUT2D eigenvalue weighted by Gasteiger charge is -2.35. The van der Waals surface area contributed by atoms with Gasteiger partial charge < -0.3 is 14.5 Å². The Hall–Kier alpha value is -1.14. The van der Waals surface area contributed by atoms with E-state index in [4.69, 9.17) is 0 Å². The van der Waals surface area contributed by atoms with Crippen LogP contribution in [0.15, 0.2) is 0 Å². The normalized spacial score (nSPS) is 20.3. The molecule has 0 aromatic carbocycles. The number of carbonyl (C=O) groups is 2. The SMILES string of the molecule is CCN(C(=O)CN1CCN(CCC(=O)OC)CC1)C1CC1. The topological polar surface area (TPSA) is 53.1 Å². The highest BCUT2D eigenvalue weighted by Gasteiger charge is 2.32. The number of rotatable bonds is 7. The van der Waals surface area contributed by atoms with Crippen LogP contribution < -0.4 is 0 Å². The predicted octanol–water partition coefficient (Wildman–Crippen LogP) is 0.178. The molecule has 1 amide bonds. The highest BCUT2D eigenvalue weighted by Crippen LogP contribution is 2.26. The monoisotopic (exact) mass is 297 g/mol. The van der Waals surface area contributed by atoms with Gasteiger partial charge in [-0.25, -0.2) is 0 Å². The first-order chi connectivity index (χ1) is 10.1. The van der Waals surface area contributed by atoms with E-state index in [0.29, 0.717) is 19.0 Å². The van der Waals surface area contributed by atoms with E-state index < -0.39 is 0 Å². The van der Waals surface area contributed by atoms with Crippen molar-refractivity contribution in [1.82, 2.24) is 14.7 Å². The van der Waals surface area contributed by atoms with Crippen LogP contribution in [0.2, 0.25) is 0 Å². The third kappa shape index (κ3) is 4.97. The van der Waals surface area contributed by atoms with Crippen molar-refractivity contribution < 1.29 is 14.3 Å². The first-order valence-corrected chi connectivity index (χ1v) is 7.95.